The fourth-order valence-electron chi connectivity index (χ4n) is 0.886. The molecule has 0 radical (unpaired) electrons. The molecule has 6 nitrogen and oxygen atoms in total. The van der Waals surface area contributed by atoms with Gasteiger partial charge in [-0.05, 0) is 0 Å². The normalized spacial score (nSPS) is 11.3. The number of halogens is 2. The van der Waals surface area contributed by atoms with E-state index in [1.165, 1.54) is 0 Å². The van der Waals surface area contributed by atoms with Gasteiger partial charge in [-0.15, -0.1) is 0 Å². The van der Waals surface area contributed by atoms with Crippen LogP contribution in [0.1, 0.15) is 0 Å². The monoisotopic (exact) mass is 254 g/mol. The fourth-order valence-corrected chi connectivity index (χ4v) is 1.89. The van der Waals surface area contributed by atoms with E-state index >= 15 is 0 Å². The van der Waals surface area contributed by atoms with Crippen molar-refractivity contribution in [2.75, 3.05) is 5.73 Å². The Morgan fingerprint density at radius 1 is 1.47 bits per heavy atom. The predicted octanol–water partition coefficient (Wildman–Crippen LogP) is 1.24. The average molecular weight is 255 g/mol. The van der Waals surface area contributed by atoms with Crippen molar-refractivity contribution >= 4 is 31.1 Å². The topological polar surface area (TPSA) is 103 Å². The zero-order valence-corrected chi connectivity index (χ0v) is 8.55. The Hall–Kier alpha value is -1.41. The molecule has 0 aromatic heterocycles. The molecule has 1 rings (SSSR count). The molecule has 1 aromatic rings. The van der Waals surface area contributed by atoms with Crippen molar-refractivity contribution in [2.45, 2.75) is 4.90 Å². The van der Waals surface area contributed by atoms with Crippen molar-refractivity contribution < 1.29 is 17.7 Å². The Morgan fingerprint density at radius 2 is 2.00 bits per heavy atom. The summed E-state index contributed by atoms with van der Waals surface area (Å²) in [6, 6.07) is 1.11. The van der Waals surface area contributed by atoms with Crippen LogP contribution < -0.4 is 5.73 Å². The first kappa shape index (κ1) is 11.7. The first-order chi connectivity index (χ1) is 6.73. The number of nitro groups is 1. The maximum Gasteiger partial charge on any atom is 0.273 e. The number of rotatable bonds is 2. The van der Waals surface area contributed by atoms with E-state index in [1.54, 1.807) is 0 Å². The van der Waals surface area contributed by atoms with Crippen LogP contribution in [0.15, 0.2) is 17.0 Å². The molecule has 0 atom stereocenters. The molecule has 0 bridgehead atoms. The smallest absolute Gasteiger partial charge is 0.273 e. The lowest BCUT2D eigenvalue weighted by molar-refractivity contribution is -0.385. The quantitative estimate of drug-likeness (QED) is 0.370. The van der Waals surface area contributed by atoms with E-state index in [1.807, 2.05) is 0 Å². The third-order valence-corrected chi connectivity index (χ3v) is 2.91. The highest BCUT2D eigenvalue weighted by molar-refractivity contribution is 8.13. The number of nitro benzene ring substituents is 1. The second kappa shape index (κ2) is 3.63. The summed E-state index contributed by atoms with van der Waals surface area (Å²) in [5, 5.41) is 10.3. The summed E-state index contributed by atoms with van der Waals surface area (Å²) in [5.41, 5.74) is 3.60. The third-order valence-electron chi connectivity index (χ3n) is 1.55. The van der Waals surface area contributed by atoms with Crippen LogP contribution in [0.4, 0.5) is 15.8 Å². The van der Waals surface area contributed by atoms with Crippen LogP contribution in [0.25, 0.3) is 0 Å². The Bertz CT molecular complexity index is 530. The molecule has 0 aliphatic carbocycles. The van der Waals surface area contributed by atoms with Gasteiger partial charge in [-0.25, -0.2) is 12.8 Å². The molecule has 15 heavy (non-hydrogen) atoms. The summed E-state index contributed by atoms with van der Waals surface area (Å²) in [5.74, 6) is -1.21. The zero-order chi connectivity index (χ0) is 11.8. The molecule has 0 unspecified atom stereocenters. The Kier molecular flexibility index (Phi) is 2.82. The van der Waals surface area contributed by atoms with Gasteiger partial charge < -0.3 is 5.73 Å². The Labute approximate surface area is 88.0 Å². The summed E-state index contributed by atoms with van der Waals surface area (Å²) < 4.78 is 34.7. The standard InChI is InChI=1S/C6H4ClFN2O4S/c7-15(13,14)5-2-3(10(11)12)1-4(8)6(5)9/h1-2H,9H2. The summed E-state index contributed by atoms with van der Waals surface area (Å²) in [7, 11) is 0.606. The maximum atomic E-state index is 13.0. The number of nitrogen functional groups attached to an aromatic ring is 1. The molecule has 0 saturated heterocycles. The summed E-state index contributed by atoms with van der Waals surface area (Å²) >= 11 is 0. The predicted molar refractivity (Wildman–Crippen MR) is 50.5 cm³/mol. The minimum absolute atomic E-state index is 0.515. The van der Waals surface area contributed by atoms with Crippen LogP contribution >= 0.6 is 10.7 Å². The lowest BCUT2D eigenvalue weighted by Gasteiger charge is -2.02. The molecule has 0 saturated carbocycles. The van der Waals surface area contributed by atoms with E-state index in [0.717, 1.165) is 0 Å². The molecule has 0 fully saturated rings. The molecule has 0 amide bonds. The molecule has 9 heteroatoms. The van der Waals surface area contributed by atoms with E-state index in [0.29, 0.717) is 12.1 Å². The Morgan fingerprint density at radius 3 is 2.40 bits per heavy atom. The van der Waals surface area contributed by atoms with Crippen molar-refractivity contribution in [1.29, 1.82) is 0 Å². The zero-order valence-electron chi connectivity index (χ0n) is 6.98. The number of nitrogens with two attached hydrogens (primary N) is 1. The SMILES string of the molecule is Nc1c(F)cc([N+](=O)[O-])cc1S(=O)(=O)Cl. The molecular formula is C6H4ClFN2O4S. The fraction of sp³-hybridized carbons (Fsp3) is 0. The third kappa shape index (κ3) is 2.34. The number of benzene rings is 1. The lowest BCUT2D eigenvalue weighted by atomic mass is 10.3. The van der Waals surface area contributed by atoms with Gasteiger partial charge in [0.2, 0.25) is 0 Å². The van der Waals surface area contributed by atoms with Gasteiger partial charge in [-0.1, -0.05) is 0 Å². The molecule has 0 aliphatic heterocycles. The van der Waals surface area contributed by atoms with E-state index in [9.17, 15) is 22.9 Å². The van der Waals surface area contributed by atoms with E-state index in [2.05, 4.69) is 0 Å². The highest BCUT2D eigenvalue weighted by atomic mass is 35.7. The van der Waals surface area contributed by atoms with Crippen molar-refractivity contribution in [3.05, 3.63) is 28.1 Å². The number of hydrogen-bond acceptors (Lipinski definition) is 5. The highest BCUT2D eigenvalue weighted by Gasteiger charge is 2.22. The van der Waals surface area contributed by atoms with Crippen molar-refractivity contribution in [2.24, 2.45) is 0 Å². The molecular weight excluding hydrogens is 251 g/mol. The van der Waals surface area contributed by atoms with Crippen LogP contribution in [-0.4, -0.2) is 13.3 Å². The molecule has 1 aromatic carbocycles. The average Bonchev–Trinajstić information content (AvgIpc) is 2.06. The minimum atomic E-state index is -4.31. The van der Waals surface area contributed by atoms with Crippen molar-refractivity contribution in [3.8, 4) is 0 Å². The second-order valence-electron chi connectivity index (χ2n) is 2.53. The van der Waals surface area contributed by atoms with E-state index in [-0.39, 0.29) is 0 Å². The minimum Gasteiger partial charge on any atom is -0.395 e. The first-order valence-electron chi connectivity index (χ1n) is 3.41. The maximum absolute atomic E-state index is 13.0. The van der Waals surface area contributed by atoms with Crippen LogP contribution in [0.5, 0.6) is 0 Å². The van der Waals surface area contributed by atoms with Crippen LogP contribution in [-0.2, 0) is 9.05 Å². The number of non-ortho nitro benzene ring substituents is 1. The lowest BCUT2D eigenvalue weighted by Crippen LogP contribution is -2.03. The van der Waals surface area contributed by atoms with Gasteiger partial charge in [0.25, 0.3) is 14.7 Å². The highest BCUT2D eigenvalue weighted by Crippen LogP contribution is 2.29. The van der Waals surface area contributed by atoms with E-state index < -0.39 is 36.1 Å². The van der Waals surface area contributed by atoms with Gasteiger partial charge in [0.15, 0.2) is 5.82 Å². The number of hydrogen-bond donors (Lipinski definition) is 1. The largest absolute Gasteiger partial charge is 0.395 e. The molecule has 0 spiro atoms. The number of nitrogens with zero attached hydrogens (tertiary/aromatic N) is 1. The van der Waals surface area contributed by atoms with Gasteiger partial charge in [0.1, 0.15) is 4.90 Å². The molecule has 0 heterocycles. The molecule has 82 valence electrons. The van der Waals surface area contributed by atoms with Crippen LogP contribution in [0.2, 0.25) is 0 Å². The van der Waals surface area contributed by atoms with Crippen molar-refractivity contribution in [3.63, 3.8) is 0 Å². The van der Waals surface area contributed by atoms with Gasteiger partial charge in [0, 0.05) is 16.7 Å². The van der Waals surface area contributed by atoms with Gasteiger partial charge >= 0.3 is 0 Å². The van der Waals surface area contributed by atoms with Gasteiger partial charge in [-0.3, -0.25) is 10.1 Å². The van der Waals surface area contributed by atoms with Crippen LogP contribution in [0, 0.1) is 15.9 Å². The summed E-state index contributed by atoms with van der Waals surface area (Å²) in [6.07, 6.45) is 0. The number of anilines is 1. The van der Waals surface area contributed by atoms with E-state index in [4.69, 9.17) is 16.4 Å². The molecule has 2 N–H and O–H groups in total. The first-order valence-corrected chi connectivity index (χ1v) is 5.72. The summed E-state index contributed by atoms with van der Waals surface area (Å²) in [4.78, 5) is 8.54. The Balaban J connectivity index is 3.59. The van der Waals surface area contributed by atoms with Gasteiger partial charge in [0.05, 0.1) is 16.7 Å². The second-order valence-corrected chi connectivity index (χ2v) is 5.07. The molecule has 0 aliphatic rings. The van der Waals surface area contributed by atoms with Gasteiger partial charge in [-0.2, -0.15) is 0 Å². The van der Waals surface area contributed by atoms with Crippen molar-refractivity contribution in [1.82, 2.24) is 0 Å². The summed E-state index contributed by atoms with van der Waals surface area (Å²) in [6.45, 7) is 0. The van der Waals surface area contributed by atoms with Crippen LogP contribution in [0.3, 0.4) is 0 Å².